The molecular formula is C18H18N4O8. The minimum absolute atomic E-state index is 0.0692. The third-order valence-corrected chi connectivity index (χ3v) is 3.65. The summed E-state index contributed by atoms with van der Waals surface area (Å²) in [6, 6.07) is 6.67. The van der Waals surface area contributed by atoms with E-state index in [1.54, 1.807) is 19.9 Å². The normalized spacial score (nSPS) is 10.6. The van der Waals surface area contributed by atoms with Gasteiger partial charge in [0, 0.05) is 17.7 Å². The number of nitrogens with zero attached hydrogens (tertiary/aromatic N) is 3. The Morgan fingerprint density at radius 2 is 1.83 bits per heavy atom. The number of aryl methyl sites for hydroxylation is 1. The Labute approximate surface area is 170 Å². The van der Waals surface area contributed by atoms with Crippen molar-refractivity contribution in [3.8, 4) is 17.2 Å². The fraction of sp³-hybridized carbons (Fsp3) is 0.222. The molecule has 2 N–H and O–H groups in total. The molecule has 0 bridgehead atoms. The molecule has 0 radical (unpaired) electrons. The number of ether oxygens (including phenoxy) is 2. The number of amides is 1. The number of hydrogen-bond donors (Lipinski definition) is 2. The second-order valence-corrected chi connectivity index (χ2v) is 5.89. The first kappa shape index (κ1) is 22.1. The van der Waals surface area contributed by atoms with Gasteiger partial charge >= 0.3 is 11.4 Å². The van der Waals surface area contributed by atoms with E-state index < -0.39 is 33.8 Å². The minimum Gasteiger partial charge on any atom is -0.500 e. The molecule has 0 spiro atoms. The fourth-order valence-corrected chi connectivity index (χ4v) is 2.34. The SMILES string of the molecule is CCOc1cc(/C=N\NC(=O)COc2ccc(C)cc2[N+](=O)[O-])cc([N+](=O)[O-])c1O. The van der Waals surface area contributed by atoms with Gasteiger partial charge in [0.05, 0.1) is 22.7 Å². The molecule has 0 atom stereocenters. The first-order valence-corrected chi connectivity index (χ1v) is 8.56. The van der Waals surface area contributed by atoms with E-state index in [0.717, 1.165) is 12.3 Å². The van der Waals surface area contributed by atoms with Gasteiger partial charge in [-0.05, 0) is 31.5 Å². The quantitative estimate of drug-likeness (QED) is 0.356. The first-order valence-electron chi connectivity index (χ1n) is 8.56. The number of phenolic OH excluding ortho intramolecular Hbond substituents is 1. The van der Waals surface area contributed by atoms with E-state index in [0.29, 0.717) is 5.56 Å². The monoisotopic (exact) mass is 418 g/mol. The molecule has 0 saturated heterocycles. The second kappa shape index (κ2) is 9.82. The standard InChI is InChI=1S/C18H18N4O8/c1-3-29-16-8-12(7-14(18(16)24)22(27)28)9-19-20-17(23)10-30-15-5-4-11(2)6-13(15)21(25)26/h4-9,24H,3,10H2,1-2H3,(H,20,23)/b19-9-. The average Bonchev–Trinajstić information content (AvgIpc) is 2.69. The Kier molecular flexibility index (Phi) is 7.22. The molecule has 0 fully saturated rings. The van der Waals surface area contributed by atoms with Crippen molar-refractivity contribution >= 4 is 23.5 Å². The third-order valence-electron chi connectivity index (χ3n) is 3.65. The van der Waals surface area contributed by atoms with Gasteiger partial charge in [0.2, 0.25) is 5.75 Å². The van der Waals surface area contributed by atoms with Gasteiger partial charge in [0.25, 0.3) is 5.91 Å². The molecule has 2 aromatic carbocycles. The van der Waals surface area contributed by atoms with Crippen LogP contribution in [-0.4, -0.2) is 40.3 Å². The summed E-state index contributed by atoms with van der Waals surface area (Å²) in [5, 5.41) is 35.6. The van der Waals surface area contributed by atoms with Gasteiger partial charge in [-0.3, -0.25) is 25.0 Å². The lowest BCUT2D eigenvalue weighted by Gasteiger charge is -2.07. The molecule has 0 unspecified atom stereocenters. The van der Waals surface area contributed by atoms with E-state index in [-0.39, 0.29) is 29.4 Å². The molecule has 1 amide bonds. The predicted octanol–water partition coefficient (Wildman–Crippen LogP) is 2.44. The number of nitro groups is 2. The highest BCUT2D eigenvalue weighted by molar-refractivity contribution is 5.85. The van der Waals surface area contributed by atoms with Gasteiger partial charge < -0.3 is 14.6 Å². The van der Waals surface area contributed by atoms with Crippen molar-refractivity contribution in [1.29, 1.82) is 0 Å². The Hall–Kier alpha value is -4.22. The lowest BCUT2D eigenvalue weighted by molar-refractivity contribution is -0.386. The maximum atomic E-state index is 11.9. The summed E-state index contributed by atoms with van der Waals surface area (Å²) in [6.45, 7) is 2.96. The Balaban J connectivity index is 2.05. The molecule has 0 aromatic heterocycles. The number of hydrazone groups is 1. The molecule has 2 rings (SSSR count). The molecule has 0 heterocycles. The van der Waals surface area contributed by atoms with Crippen LogP contribution in [0.15, 0.2) is 35.4 Å². The molecule has 0 aliphatic carbocycles. The number of aromatic hydroxyl groups is 1. The summed E-state index contributed by atoms with van der Waals surface area (Å²) < 4.78 is 10.3. The Morgan fingerprint density at radius 3 is 2.47 bits per heavy atom. The topological polar surface area (TPSA) is 166 Å². The Bertz CT molecular complexity index is 1010. The molecule has 2 aromatic rings. The smallest absolute Gasteiger partial charge is 0.315 e. The van der Waals surface area contributed by atoms with Crippen LogP contribution in [-0.2, 0) is 4.79 Å². The molecule has 0 saturated carbocycles. The first-order chi connectivity index (χ1) is 14.2. The zero-order valence-corrected chi connectivity index (χ0v) is 16.0. The molecule has 30 heavy (non-hydrogen) atoms. The fourth-order valence-electron chi connectivity index (χ4n) is 2.34. The number of carbonyl (C=O) groups is 1. The van der Waals surface area contributed by atoms with Crippen LogP contribution in [0.4, 0.5) is 11.4 Å². The van der Waals surface area contributed by atoms with Crippen LogP contribution >= 0.6 is 0 Å². The highest BCUT2D eigenvalue weighted by Crippen LogP contribution is 2.36. The lowest BCUT2D eigenvalue weighted by Crippen LogP contribution is -2.24. The van der Waals surface area contributed by atoms with Gasteiger partial charge in [-0.25, -0.2) is 5.43 Å². The third kappa shape index (κ3) is 5.64. The van der Waals surface area contributed by atoms with E-state index >= 15 is 0 Å². The van der Waals surface area contributed by atoms with Gasteiger partial charge in [0.15, 0.2) is 18.1 Å². The highest BCUT2D eigenvalue weighted by atomic mass is 16.6. The van der Waals surface area contributed by atoms with Gasteiger partial charge in [0.1, 0.15) is 0 Å². The number of rotatable bonds is 9. The van der Waals surface area contributed by atoms with Crippen molar-refractivity contribution in [2.24, 2.45) is 5.10 Å². The minimum atomic E-state index is -0.782. The Morgan fingerprint density at radius 1 is 1.13 bits per heavy atom. The van der Waals surface area contributed by atoms with Crippen LogP contribution in [0.1, 0.15) is 18.1 Å². The summed E-state index contributed by atoms with van der Waals surface area (Å²) in [6.07, 6.45) is 1.11. The summed E-state index contributed by atoms with van der Waals surface area (Å²) in [5.41, 5.74) is 2.14. The van der Waals surface area contributed by atoms with Crippen LogP contribution in [0, 0.1) is 27.2 Å². The number of carbonyl (C=O) groups excluding carboxylic acids is 1. The van der Waals surface area contributed by atoms with Crippen molar-refractivity contribution in [2.75, 3.05) is 13.2 Å². The molecule has 158 valence electrons. The number of nitrogens with one attached hydrogen (secondary N) is 1. The number of hydrogen-bond acceptors (Lipinski definition) is 9. The predicted molar refractivity (Wildman–Crippen MR) is 105 cm³/mol. The van der Waals surface area contributed by atoms with E-state index in [1.807, 2.05) is 0 Å². The van der Waals surface area contributed by atoms with Crippen LogP contribution in [0.5, 0.6) is 17.2 Å². The largest absolute Gasteiger partial charge is 0.500 e. The zero-order valence-electron chi connectivity index (χ0n) is 16.0. The maximum Gasteiger partial charge on any atom is 0.315 e. The van der Waals surface area contributed by atoms with Crippen molar-refractivity contribution in [2.45, 2.75) is 13.8 Å². The van der Waals surface area contributed by atoms with Crippen LogP contribution < -0.4 is 14.9 Å². The summed E-state index contributed by atoms with van der Waals surface area (Å²) >= 11 is 0. The van der Waals surface area contributed by atoms with E-state index in [9.17, 15) is 30.1 Å². The second-order valence-electron chi connectivity index (χ2n) is 5.89. The van der Waals surface area contributed by atoms with Crippen LogP contribution in [0.25, 0.3) is 0 Å². The van der Waals surface area contributed by atoms with Crippen molar-refractivity contribution in [3.05, 3.63) is 61.7 Å². The van der Waals surface area contributed by atoms with E-state index in [1.165, 1.54) is 18.2 Å². The van der Waals surface area contributed by atoms with E-state index in [4.69, 9.17) is 9.47 Å². The molecule has 0 aliphatic heterocycles. The van der Waals surface area contributed by atoms with Crippen LogP contribution in [0.3, 0.4) is 0 Å². The molecular weight excluding hydrogens is 400 g/mol. The van der Waals surface area contributed by atoms with Gasteiger partial charge in [-0.15, -0.1) is 0 Å². The van der Waals surface area contributed by atoms with Crippen molar-refractivity contribution < 1.29 is 29.2 Å². The van der Waals surface area contributed by atoms with Crippen LogP contribution in [0.2, 0.25) is 0 Å². The van der Waals surface area contributed by atoms with Gasteiger partial charge in [-0.2, -0.15) is 5.10 Å². The number of phenols is 1. The summed E-state index contributed by atoms with van der Waals surface area (Å²) in [5.74, 6) is -1.50. The summed E-state index contributed by atoms with van der Waals surface area (Å²) in [4.78, 5) is 32.5. The van der Waals surface area contributed by atoms with Gasteiger partial charge in [-0.1, -0.05) is 6.07 Å². The molecule has 12 heteroatoms. The van der Waals surface area contributed by atoms with Crippen molar-refractivity contribution in [3.63, 3.8) is 0 Å². The average molecular weight is 418 g/mol. The summed E-state index contributed by atoms with van der Waals surface area (Å²) in [7, 11) is 0. The molecule has 12 nitrogen and oxygen atoms in total. The van der Waals surface area contributed by atoms with E-state index in [2.05, 4.69) is 10.5 Å². The number of nitro benzene ring substituents is 2. The number of benzene rings is 2. The maximum absolute atomic E-state index is 11.9. The molecule has 0 aliphatic rings. The zero-order chi connectivity index (χ0) is 22.3. The lowest BCUT2D eigenvalue weighted by atomic mass is 10.2. The highest BCUT2D eigenvalue weighted by Gasteiger charge is 2.20. The van der Waals surface area contributed by atoms with Crippen molar-refractivity contribution in [1.82, 2.24) is 5.43 Å².